The zero-order valence-corrected chi connectivity index (χ0v) is 14.6. The molecule has 0 radical (unpaired) electrons. The predicted molar refractivity (Wildman–Crippen MR) is 92.5 cm³/mol. The lowest BCUT2D eigenvalue weighted by Gasteiger charge is -2.14. The van der Waals surface area contributed by atoms with E-state index in [9.17, 15) is 8.78 Å². The summed E-state index contributed by atoms with van der Waals surface area (Å²) in [5.74, 6) is -1.56. The molecule has 0 aromatic heterocycles. The molecule has 0 aromatic rings. The van der Waals surface area contributed by atoms with E-state index in [0.29, 0.717) is 5.57 Å². The molecule has 1 aliphatic rings. The first-order chi connectivity index (χ1) is 10.3. The Labute approximate surface area is 134 Å². The highest BCUT2D eigenvalue weighted by molar-refractivity contribution is 6.10. The molecular formula is C19H29F2N. The van der Waals surface area contributed by atoms with Crippen LogP contribution >= 0.6 is 0 Å². The van der Waals surface area contributed by atoms with Gasteiger partial charge in [-0.05, 0) is 25.3 Å². The van der Waals surface area contributed by atoms with E-state index in [0.717, 1.165) is 6.08 Å². The van der Waals surface area contributed by atoms with Gasteiger partial charge in [-0.1, -0.05) is 58.8 Å². The Kier molecular flexibility index (Phi) is 9.55. The van der Waals surface area contributed by atoms with Crippen molar-refractivity contribution in [1.82, 2.24) is 0 Å². The molecule has 3 heteroatoms. The Morgan fingerprint density at radius 3 is 2.14 bits per heavy atom. The molecule has 2 unspecified atom stereocenters. The number of rotatable bonds is 1. The number of allylic oxidation sites excluding steroid dienone is 8. The quantitative estimate of drug-likeness (QED) is 0.557. The van der Waals surface area contributed by atoms with Gasteiger partial charge in [-0.25, -0.2) is 8.78 Å². The molecular weight excluding hydrogens is 280 g/mol. The van der Waals surface area contributed by atoms with Gasteiger partial charge in [0.1, 0.15) is 11.7 Å². The van der Waals surface area contributed by atoms with Gasteiger partial charge < -0.3 is 5.41 Å². The van der Waals surface area contributed by atoms with Crippen molar-refractivity contribution in [2.75, 3.05) is 0 Å². The Balaban J connectivity index is 0.000000980. The molecule has 0 saturated heterocycles. The van der Waals surface area contributed by atoms with Crippen LogP contribution in [0.4, 0.5) is 8.78 Å². The zero-order chi connectivity index (χ0) is 17.3. The molecule has 0 amide bonds. The van der Waals surface area contributed by atoms with Gasteiger partial charge in [0.15, 0.2) is 0 Å². The Morgan fingerprint density at radius 2 is 1.64 bits per heavy atom. The SMILES string of the molecule is C/C1=C/C=C\C(C)C(C)/C(F)=C\C(F)=C(/C)C1=N.CCCC. The number of hydrogen-bond donors (Lipinski definition) is 1. The minimum absolute atomic E-state index is 0.0225. The first-order valence-electron chi connectivity index (χ1n) is 7.93. The minimum Gasteiger partial charge on any atom is -0.300 e. The summed E-state index contributed by atoms with van der Waals surface area (Å²) in [5, 5.41) is 7.82. The molecule has 0 fully saturated rings. The van der Waals surface area contributed by atoms with E-state index in [2.05, 4.69) is 13.8 Å². The highest BCUT2D eigenvalue weighted by atomic mass is 19.1. The van der Waals surface area contributed by atoms with Crippen molar-refractivity contribution < 1.29 is 8.78 Å². The third kappa shape index (κ3) is 6.50. The second kappa shape index (κ2) is 10.3. The van der Waals surface area contributed by atoms with Crippen molar-refractivity contribution in [3.63, 3.8) is 0 Å². The van der Waals surface area contributed by atoms with E-state index < -0.39 is 11.7 Å². The smallest absolute Gasteiger partial charge is 0.130 e. The molecule has 124 valence electrons. The van der Waals surface area contributed by atoms with Crippen molar-refractivity contribution in [2.45, 2.75) is 54.4 Å². The number of hydrogen-bond acceptors (Lipinski definition) is 1. The molecule has 1 nitrogen and oxygen atoms in total. The fraction of sp³-hybridized carbons (Fsp3) is 0.526. The molecule has 0 spiro atoms. The lowest BCUT2D eigenvalue weighted by Crippen LogP contribution is -2.06. The summed E-state index contributed by atoms with van der Waals surface area (Å²) in [6.07, 6.45) is 8.96. The van der Waals surface area contributed by atoms with Crippen LogP contribution in [0.25, 0.3) is 0 Å². The van der Waals surface area contributed by atoms with Crippen LogP contribution in [0.5, 0.6) is 0 Å². The van der Waals surface area contributed by atoms with Gasteiger partial charge in [0.2, 0.25) is 0 Å². The average Bonchev–Trinajstić information content (AvgIpc) is 2.52. The maximum absolute atomic E-state index is 13.8. The summed E-state index contributed by atoms with van der Waals surface area (Å²) in [6, 6.07) is 0. The predicted octanol–water partition coefficient (Wildman–Crippen LogP) is 6.70. The summed E-state index contributed by atoms with van der Waals surface area (Å²) in [5.41, 5.74) is 0.923. The first kappa shape index (κ1) is 20.5. The second-order valence-electron chi connectivity index (χ2n) is 5.76. The molecule has 1 N–H and O–H groups in total. The topological polar surface area (TPSA) is 23.9 Å². The summed E-state index contributed by atoms with van der Waals surface area (Å²) < 4.78 is 27.6. The van der Waals surface area contributed by atoms with Crippen molar-refractivity contribution in [2.24, 2.45) is 11.8 Å². The molecule has 0 aromatic carbocycles. The van der Waals surface area contributed by atoms with Crippen LogP contribution in [-0.4, -0.2) is 5.71 Å². The highest BCUT2D eigenvalue weighted by Gasteiger charge is 2.17. The van der Waals surface area contributed by atoms with Crippen LogP contribution in [-0.2, 0) is 0 Å². The van der Waals surface area contributed by atoms with Crippen LogP contribution in [0.2, 0.25) is 0 Å². The molecule has 1 rings (SSSR count). The zero-order valence-electron chi connectivity index (χ0n) is 14.6. The van der Waals surface area contributed by atoms with Gasteiger partial charge in [0, 0.05) is 17.6 Å². The standard InChI is InChI=1S/C15H19F2N.C4H10/c1-9-6-5-7-10(2)15(18)12(4)14(17)8-13(16)11(9)3;1-3-4-2/h5-9,11,18H,1-4H3;3-4H2,1-2H3/b6-5-,10-7-,13-8+,14-12-,18-15?;. The molecule has 0 bridgehead atoms. The van der Waals surface area contributed by atoms with Crippen molar-refractivity contribution in [1.29, 1.82) is 5.41 Å². The number of nitrogens with one attached hydrogen (secondary N) is 1. The van der Waals surface area contributed by atoms with Gasteiger partial charge in [0.05, 0.1) is 5.71 Å². The van der Waals surface area contributed by atoms with Gasteiger partial charge in [-0.3, -0.25) is 0 Å². The molecule has 0 saturated carbocycles. The van der Waals surface area contributed by atoms with Crippen molar-refractivity contribution in [3.8, 4) is 0 Å². The van der Waals surface area contributed by atoms with E-state index in [1.807, 2.05) is 13.0 Å². The van der Waals surface area contributed by atoms with Crippen LogP contribution in [0.1, 0.15) is 54.4 Å². The average molecular weight is 309 g/mol. The maximum Gasteiger partial charge on any atom is 0.130 e. The maximum atomic E-state index is 13.8. The lowest BCUT2D eigenvalue weighted by atomic mass is 9.94. The summed E-state index contributed by atoms with van der Waals surface area (Å²) in [6.45, 7) is 11.2. The Bertz CT molecular complexity index is 494. The number of halogens is 2. The van der Waals surface area contributed by atoms with E-state index in [4.69, 9.17) is 5.41 Å². The largest absolute Gasteiger partial charge is 0.300 e. The van der Waals surface area contributed by atoms with E-state index in [1.165, 1.54) is 19.8 Å². The normalized spacial score (nSPS) is 32.6. The minimum atomic E-state index is -0.675. The van der Waals surface area contributed by atoms with E-state index in [-0.39, 0.29) is 23.1 Å². The summed E-state index contributed by atoms with van der Waals surface area (Å²) >= 11 is 0. The van der Waals surface area contributed by atoms with Gasteiger partial charge in [-0.15, -0.1) is 0 Å². The van der Waals surface area contributed by atoms with E-state index >= 15 is 0 Å². The Morgan fingerprint density at radius 1 is 1.09 bits per heavy atom. The summed E-state index contributed by atoms with van der Waals surface area (Å²) in [7, 11) is 0. The lowest BCUT2D eigenvalue weighted by molar-refractivity contribution is 0.419. The van der Waals surface area contributed by atoms with Gasteiger partial charge >= 0.3 is 0 Å². The molecule has 1 aliphatic carbocycles. The van der Waals surface area contributed by atoms with Crippen LogP contribution in [0, 0.1) is 17.2 Å². The molecule has 0 aliphatic heterocycles. The second-order valence-corrected chi connectivity index (χ2v) is 5.76. The summed E-state index contributed by atoms with van der Waals surface area (Å²) in [4.78, 5) is 0. The highest BCUT2D eigenvalue weighted by Crippen LogP contribution is 2.26. The fourth-order valence-corrected chi connectivity index (χ4v) is 1.65. The molecule has 22 heavy (non-hydrogen) atoms. The van der Waals surface area contributed by atoms with Gasteiger partial charge in [0.25, 0.3) is 0 Å². The van der Waals surface area contributed by atoms with Crippen LogP contribution in [0.15, 0.2) is 47.1 Å². The third-order valence-corrected chi connectivity index (χ3v) is 3.88. The van der Waals surface area contributed by atoms with Crippen molar-refractivity contribution >= 4 is 5.71 Å². The first-order valence-corrected chi connectivity index (χ1v) is 7.93. The molecule has 0 heterocycles. The van der Waals surface area contributed by atoms with Crippen molar-refractivity contribution in [3.05, 3.63) is 47.1 Å². The third-order valence-electron chi connectivity index (χ3n) is 3.88. The van der Waals surface area contributed by atoms with Crippen LogP contribution < -0.4 is 0 Å². The van der Waals surface area contributed by atoms with Crippen LogP contribution in [0.3, 0.4) is 0 Å². The monoisotopic (exact) mass is 309 g/mol. The fourth-order valence-electron chi connectivity index (χ4n) is 1.65. The number of unbranched alkanes of at least 4 members (excludes halogenated alkanes) is 1. The molecule has 2 atom stereocenters. The van der Waals surface area contributed by atoms with E-state index in [1.54, 1.807) is 26.0 Å². The van der Waals surface area contributed by atoms with Gasteiger partial charge in [-0.2, -0.15) is 0 Å². The Hall–Kier alpha value is -1.51.